The minimum atomic E-state index is -0.638. The zero-order valence-electron chi connectivity index (χ0n) is 6.78. The molecule has 0 saturated heterocycles. The summed E-state index contributed by atoms with van der Waals surface area (Å²) in [7, 11) is 0. The van der Waals surface area contributed by atoms with Crippen molar-refractivity contribution >= 4 is 27.5 Å². The van der Waals surface area contributed by atoms with E-state index < -0.39 is 5.95 Å². The summed E-state index contributed by atoms with van der Waals surface area (Å²) < 4.78 is 13.4. The van der Waals surface area contributed by atoms with Crippen LogP contribution in [0.15, 0.2) is 28.9 Å². The number of rotatable bonds is 1. The van der Waals surface area contributed by atoms with Crippen LogP contribution in [0.1, 0.15) is 0 Å². The summed E-state index contributed by atoms with van der Waals surface area (Å²) in [5.74, 6) is -0.638. The minimum absolute atomic E-state index is 0.462. The Hall–Kier alpha value is -0.940. The van der Waals surface area contributed by atoms with E-state index in [-0.39, 0.29) is 0 Å². The van der Waals surface area contributed by atoms with Gasteiger partial charge in [-0.15, -0.1) is 9.90 Å². The van der Waals surface area contributed by atoms with Gasteiger partial charge in [-0.25, -0.2) is 0 Å². The van der Waals surface area contributed by atoms with Gasteiger partial charge in [0.05, 0.1) is 5.02 Å². The second kappa shape index (κ2) is 3.67. The van der Waals surface area contributed by atoms with Crippen LogP contribution in [-0.4, -0.2) is 15.0 Å². The van der Waals surface area contributed by atoms with Crippen LogP contribution in [-0.2, 0) is 0 Å². The Bertz CT molecular complexity index is 471. The first-order valence-electron chi connectivity index (χ1n) is 3.70. The standard InChI is InChI=1S/C8H4BrClFN3/c9-5-1-2-6(10)7(3-5)14-12-4-8(11)13-14/h1-4H. The van der Waals surface area contributed by atoms with Crippen LogP contribution in [0.25, 0.3) is 5.69 Å². The monoisotopic (exact) mass is 275 g/mol. The molecule has 0 radical (unpaired) electrons. The van der Waals surface area contributed by atoms with Crippen molar-refractivity contribution in [1.29, 1.82) is 0 Å². The molecule has 0 aliphatic carbocycles. The van der Waals surface area contributed by atoms with Crippen LogP contribution >= 0.6 is 27.5 Å². The summed E-state index contributed by atoms with van der Waals surface area (Å²) in [4.78, 5) is 1.14. The maximum Gasteiger partial charge on any atom is 0.253 e. The Balaban J connectivity index is 2.55. The normalized spacial score (nSPS) is 10.5. The van der Waals surface area contributed by atoms with Crippen LogP contribution in [0.3, 0.4) is 0 Å². The van der Waals surface area contributed by atoms with Gasteiger partial charge in [-0.05, 0) is 18.2 Å². The van der Waals surface area contributed by atoms with E-state index >= 15 is 0 Å². The molecule has 1 aromatic carbocycles. The quantitative estimate of drug-likeness (QED) is 0.802. The topological polar surface area (TPSA) is 30.7 Å². The average Bonchev–Trinajstić information content (AvgIpc) is 2.56. The summed E-state index contributed by atoms with van der Waals surface area (Å²) in [5, 5.41) is 7.69. The molecular formula is C8H4BrClFN3. The fourth-order valence-corrected chi connectivity index (χ4v) is 1.54. The van der Waals surface area contributed by atoms with Crippen LogP contribution in [0.5, 0.6) is 0 Å². The highest BCUT2D eigenvalue weighted by atomic mass is 79.9. The van der Waals surface area contributed by atoms with Crippen molar-refractivity contribution in [1.82, 2.24) is 15.0 Å². The van der Waals surface area contributed by atoms with E-state index in [9.17, 15) is 4.39 Å². The lowest BCUT2D eigenvalue weighted by atomic mass is 10.3. The molecule has 1 heterocycles. The summed E-state index contributed by atoms with van der Waals surface area (Å²) in [5.41, 5.74) is 0.532. The van der Waals surface area contributed by atoms with E-state index in [4.69, 9.17) is 11.6 Å². The van der Waals surface area contributed by atoms with Gasteiger partial charge in [-0.1, -0.05) is 27.5 Å². The van der Waals surface area contributed by atoms with Gasteiger partial charge >= 0.3 is 0 Å². The third-order valence-corrected chi connectivity index (χ3v) is 2.40. The Kier molecular flexibility index (Phi) is 2.52. The Morgan fingerprint density at radius 1 is 1.43 bits per heavy atom. The van der Waals surface area contributed by atoms with Crippen LogP contribution < -0.4 is 0 Å². The van der Waals surface area contributed by atoms with Gasteiger partial charge in [0.1, 0.15) is 11.9 Å². The first-order valence-corrected chi connectivity index (χ1v) is 4.87. The first kappa shape index (κ1) is 9.61. The third kappa shape index (κ3) is 1.78. The molecule has 2 aromatic rings. The molecule has 0 atom stereocenters. The molecule has 72 valence electrons. The molecule has 2 rings (SSSR count). The molecule has 0 unspecified atom stereocenters. The predicted octanol–water partition coefficient (Wildman–Crippen LogP) is 2.82. The van der Waals surface area contributed by atoms with E-state index in [1.54, 1.807) is 18.2 Å². The maximum absolute atomic E-state index is 12.6. The molecule has 0 N–H and O–H groups in total. The van der Waals surface area contributed by atoms with E-state index in [0.717, 1.165) is 15.5 Å². The van der Waals surface area contributed by atoms with Crippen LogP contribution in [0, 0.1) is 5.95 Å². The van der Waals surface area contributed by atoms with Crippen molar-refractivity contribution in [2.45, 2.75) is 0 Å². The molecule has 0 spiro atoms. The summed E-state index contributed by atoms with van der Waals surface area (Å²) in [6.07, 6.45) is 1.03. The molecule has 0 amide bonds. The van der Waals surface area contributed by atoms with Crippen LogP contribution in [0.4, 0.5) is 4.39 Å². The summed E-state index contributed by atoms with van der Waals surface area (Å²) >= 11 is 9.17. The number of hydrogen-bond acceptors (Lipinski definition) is 2. The Morgan fingerprint density at radius 2 is 2.21 bits per heavy atom. The van der Waals surface area contributed by atoms with Crippen molar-refractivity contribution < 1.29 is 4.39 Å². The SMILES string of the molecule is Fc1cnn(-c2cc(Br)ccc2Cl)n1. The lowest BCUT2D eigenvalue weighted by Crippen LogP contribution is -1.99. The highest BCUT2D eigenvalue weighted by Gasteiger charge is 2.06. The molecule has 0 saturated carbocycles. The zero-order chi connectivity index (χ0) is 10.1. The van der Waals surface area contributed by atoms with Gasteiger partial charge in [0.25, 0.3) is 5.95 Å². The Morgan fingerprint density at radius 3 is 2.86 bits per heavy atom. The largest absolute Gasteiger partial charge is 0.253 e. The molecule has 0 bridgehead atoms. The number of benzene rings is 1. The van der Waals surface area contributed by atoms with Gasteiger partial charge in [0.2, 0.25) is 0 Å². The van der Waals surface area contributed by atoms with E-state index in [0.29, 0.717) is 10.7 Å². The number of nitrogens with zero attached hydrogens (tertiary/aromatic N) is 3. The molecule has 1 aromatic heterocycles. The second-order valence-corrected chi connectivity index (χ2v) is 3.88. The molecule has 0 aliphatic rings. The predicted molar refractivity (Wildman–Crippen MR) is 54.0 cm³/mol. The minimum Gasteiger partial charge on any atom is -0.181 e. The fraction of sp³-hybridized carbons (Fsp3) is 0. The molecular weight excluding hydrogens is 272 g/mol. The third-order valence-electron chi connectivity index (χ3n) is 1.59. The number of aromatic nitrogens is 3. The number of hydrogen-bond donors (Lipinski definition) is 0. The highest BCUT2D eigenvalue weighted by Crippen LogP contribution is 2.23. The van der Waals surface area contributed by atoms with Crippen LogP contribution in [0.2, 0.25) is 5.02 Å². The van der Waals surface area contributed by atoms with Crippen molar-refractivity contribution in [3.8, 4) is 5.69 Å². The Labute approximate surface area is 92.6 Å². The fourth-order valence-electron chi connectivity index (χ4n) is 1.000. The molecule has 3 nitrogen and oxygen atoms in total. The maximum atomic E-state index is 12.6. The molecule has 0 fully saturated rings. The van der Waals surface area contributed by atoms with E-state index in [1.807, 2.05) is 0 Å². The van der Waals surface area contributed by atoms with Gasteiger partial charge in [-0.3, -0.25) is 0 Å². The van der Waals surface area contributed by atoms with E-state index in [1.165, 1.54) is 0 Å². The molecule has 6 heteroatoms. The van der Waals surface area contributed by atoms with Crippen molar-refractivity contribution in [2.24, 2.45) is 0 Å². The summed E-state index contributed by atoms with van der Waals surface area (Å²) in [6.45, 7) is 0. The average molecular weight is 276 g/mol. The van der Waals surface area contributed by atoms with Gasteiger partial charge in [0, 0.05) is 4.47 Å². The zero-order valence-corrected chi connectivity index (χ0v) is 9.13. The first-order chi connectivity index (χ1) is 6.66. The van der Waals surface area contributed by atoms with E-state index in [2.05, 4.69) is 26.1 Å². The summed E-state index contributed by atoms with van der Waals surface area (Å²) in [6, 6.07) is 5.18. The van der Waals surface area contributed by atoms with Gasteiger partial charge < -0.3 is 0 Å². The lowest BCUT2D eigenvalue weighted by Gasteiger charge is -2.02. The smallest absolute Gasteiger partial charge is 0.181 e. The van der Waals surface area contributed by atoms with Gasteiger partial charge in [0.15, 0.2) is 0 Å². The molecule has 14 heavy (non-hydrogen) atoms. The van der Waals surface area contributed by atoms with Crippen molar-refractivity contribution in [2.75, 3.05) is 0 Å². The second-order valence-electron chi connectivity index (χ2n) is 2.55. The van der Waals surface area contributed by atoms with Gasteiger partial charge in [-0.2, -0.15) is 9.49 Å². The molecule has 0 aliphatic heterocycles. The lowest BCUT2D eigenvalue weighted by molar-refractivity contribution is 0.563. The highest BCUT2D eigenvalue weighted by molar-refractivity contribution is 9.10. The van der Waals surface area contributed by atoms with Crippen molar-refractivity contribution in [3.05, 3.63) is 39.8 Å². The van der Waals surface area contributed by atoms with Crippen molar-refractivity contribution in [3.63, 3.8) is 0 Å². The number of halogens is 3.